The Kier molecular flexibility index (Phi) is 3.54. The Hall–Kier alpha value is -1.65. The van der Waals surface area contributed by atoms with E-state index in [9.17, 15) is 4.79 Å². The van der Waals surface area contributed by atoms with Crippen molar-refractivity contribution >= 4 is 11.9 Å². The summed E-state index contributed by atoms with van der Waals surface area (Å²) in [4.78, 5) is 26.3. The molecule has 3 heterocycles. The number of anilines is 1. The van der Waals surface area contributed by atoms with E-state index in [1.54, 1.807) is 0 Å². The first kappa shape index (κ1) is 14.9. The summed E-state index contributed by atoms with van der Waals surface area (Å²) in [6.45, 7) is 4.63. The fourth-order valence-electron chi connectivity index (χ4n) is 4.32. The summed E-state index contributed by atoms with van der Waals surface area (Å²) in [7, 11) is 1.93. The molecule has 5 heteroatoms. The Labute approximate surface area is 138 Å². The van der Waals surface area contributed by atoms with E-state index in [2.05, 4.69) is 22.9 Å². The van der Waals surface area contributed by atoms with Crippen molar-refractivity contribution in [3.05, 3.63) is 17.5 Å². The minimum Gasteiger partial charge on any atom is -0.345 e. The van der Waals surface area contributed by atoms with Crippen LogP contribution in [0, 0.1) is 12.3 Å². The Morgan fingerprint density at radius 3 is 2.74 bits per heavy atom. The van der Waals surface area contributed by atoms with Crippen molar-refractivity contribution in [3.63, 3.8) is 0 Å². The van der Waals surface area contributed by atoms with Gasteiger partial charge in [-0.15, -0.1) is 0 Å². The highest BCUT2D eigenvalue weighted by Gasteiger charge is 2.48. The van der Waals surface area contributed by atoms with Crippen molar-refractivity contribution in [2.45, 2.75) is 51.4 Å². The third kappa shape index (κ3) is 2.50. The van der Waals surface area contributed by atoms with Crippen molar-refractivity contribution in [1.82, 2.24) is 14.9 Å². The van der Waals surface area contributed by atoms with Gasteiger partial charge in [0.25, 0.3) is 0 Å². The lowest BCUT2D eigenvalue weighted by Crippen LogP contribution is -2.48. The van der Waals surface area contributed by atoms with Gasteiger partial charge in [0.05, 0.1) is 5.41 Å². The summed E-state index contributed by atoms with van der Waals surface area (Å²) in [5, 5.41) is 0. The monoisotopic (exact) mass is 314 g/mol. The molecule has 2 saturated heterocycles. The quantitative estimate of drug-likeness (QED) is 0.841. The van der Waals surface area contributed by atoms with Gasteiger partial charge in [-0.2, -0.15) is 0 Å². The SMILES string of the molecule is Cc1cc(C2CCC2)nc(N2CCC3(CCCN(C)C3=O)C2)n1. The second-order valence-electron chi connectivity index (χ2n) is 7.64. The molecule has 1 amide bonds. The molecule has 4 rings (SSSR count). The Bertz CT molecular complexity index is 627. The number of rotatable bonds is 2. The number of aryl methyl sites for hydroxylation is 1. The van der Waals surface area contributed by atoms with Crippen LogP contribution < -0.4 is 4.90 Å². The van der Waals surface area contributed by atoms with E-state index in [0.29, 0.717) is 11.8 Å². The Balaban J connectivity index is 1.57. The molecule has 1 saturated carbocycles. The first-order valence-electron chi connectivity index (χ1n) is 8.93. The number of nitrogens with zero attached hydrogens (tertiary/aromatic N) is 4. The normalized spacial score (nSPS) is 28.5. The van der Waals surface area contributed by atoms with Crippen LogP contribution in [0.2, 0.25) is 0 Å². The molecule has 1 unspecified atom stereocenters. The van der Waals surface area contributed by atoms with Gasteiger partial charge in [-0.05, 0) is 45.1 Å². The van der Waals surface area contributed by atoms with E-state index in [1.807, 2.05) is 11.9 Å². The zero-order chi connectivity index (χ0) is 16.0. The molecule has 0 bridgehead atoms. The fraction of sp³-hybridized carbons (Fsp3) is 0.722. The summed E-state index contributed by atoms with van der Waals surface area (Å²) in [5.74, 6) is 1.78. The van der Waals surface area contributed by atoms with Gasteiger partial charge in [-0.25, -0.2) is 9.97 Å². The lowest BCUT2D eigenvalue weighted by atomic mass is 9.78. The minimum absolute atomic E-state index is 0.198. The highest BCUT2D eigenvalue weighted by Crippen LogP contribution is 2.41. The van der Waals surface area contributed by atoms with Gasteiger partial charge in [0, 0.05) is 44.0 Å². The van der Waals surface area contributed by atoms with Crippen LogP contribution in [0.5, 0.6) is 0 Å². The van der Waals surface area contributed by atoms with Gasteiger partial charge in [0.1, 0.15) is 0 Å². The van der Waals surface area contributed by atoms with E-state index < -0.39 is 0 Å². The summed E-state index contributed by atoms with van der Waals surface area (Å²) in [6.07, 6.45) is 6.88. The molecule has 1 aliphatic carbocycles. The van der Waals surface area contributed by atoms with E-state index in [1.165, 1.54) is 25.0 Å². The molecule has 0 aromatic carbocycles. The summed E-state index contributed by atoms with van der Waals surface area (Å²) < 4.78 is 0. The summed E-state index contributed by atoms with van der Waals surface area (Å²) in [5.41, 5.74) is 2.05. The molecule has 1 atom stereocenters. The zero-order valence-electron chi connectivity index (χ0n) is 14.2. The van der Waals surface area contributed by atoms with E-state index in [-0.39, 0.29) is 5.41 Å². The highest BCUT2D eigenvalue weighted by atomic mass is 16.2. The molecular formula is C18H26N4O. The molecule has 23 heavy (non-hydrogen) atoms. The average molecular weight is 314 g/mol. The van der Waals surface area contributed by atoms with Gasteiger partial charge in [-0.3, -0.25) is 4.79 Å². The van der Waals surface area contributed by atoms with Gasteiger partial charge < -0.3 is 9.80 Å². The van der Waals surface area contributed by atoms with Crippen molar-refractivity contribution in [1.29, 1.82) is 0 Å². The number of likely N-dealkylation sites (tertiary alicyclic amines) is 1. The number of carbonyl (C=O) groups is 1. The molecule has 5 nitrogen and oxygen atoms in total. The molecule has 124 valence electrons. The van der Waals surface area contributed by atoms with Crippen LogP contribution in [0.25, 0.3) is 0 Å². The van der Waals surface area contributed by atoms with Crippen molar-refractivity contribution in [2.24, 2.45) is 5.41 Å². The first-order valence-corrected chi connectivity index (χ1v) is 8.93. The van der Waals surface area contributed by atoms with E-state index >= 15 is 0 Å². The first-order chi connectivity index (χ1) is 11.1. The van der Waals surface area contributed by atoms with Crippen LogP contribution in [0.1, 0.15) is 55.8 Å². The molecule has 0 radical (unpaired) electrons. The molecule has 0 N–H and O–H groups in total. The van der Waals surface area contributed by atoms with Crippen LogP contribution in [-0.4, -0.2) is 47.5 Å². The smallest absolute Gasteiger partial charge is 0.230 e. The van der Waals surface area contributed by atoms with Gasteiger partial charge in [-0.1, -0.05) is 6.42 Å². The number of piperidine rings is 1. The summed E-state index contributed by atoms with van der Waals surface area (Å²) in [6, 6.07) is 2.14. The Morgan fingerprint density at radius 2 is 2.00 bits per heavy atom. The number of aromatic nitrogens is 2. The molecule has 1 spiro atoms. The number of carbonyl (C=O) groups excluding carboxylic acids is 1. The summed E-state index contributed by atoms with van der Waals surface area (Å²) >= 11 is 0. The number of amides is 1. The lowest BCUT2D eigenvalue weighted by Gasteiger charge is -2.37. The standard InChI is InChI=1S/C18H26N4O/c1-13-11-15(14-5-3-6-14)20-17(19-13)22-10-8-18(12-22)7-4-9-21(2)16(18)23/h11,14H,3-10,12H2,1-2H3. The molecule has 3 aliphatic rings. The number of hydrogen-bond donors (Lipinski definition) is 0. The average Bonchev–Trinajstić information content (AvgIpc) is 2.88. The minimum atomic E-state index is -0.198. The maximum Gasteiger partial charge on any atom is 0.230 e. The predicted octanol–water partition coefficient (Wildman–Crippen LogP) is 2.50. The van der Waals surface area contributed by atoms with E-state index in [4.69, 9.17) is 4.98 Å². The van der Waals surface area contributed by atoms with Crippen LogP contribution in [0.3, 0.4) is 0 Å². The van der Waals surface area contributed by atoms with E-state index in [0.717, 1.165) is 50.5 Å². The van der Waals surface area contributed by atoms with Crippen molar-refractivity contribution < 1.29 is 4.79 Å². The predicted molar refractivity (Wildman–Crippen MR) is 89.5 cm³/mol. The Morgan fingerprint density at radius 1 is 1.17 bits per heavy atom. The second-order valence-corrected chi connectivity index (χ2v) is 7.64. The lowest BCUT2D eigenvalue weighted by molar-refractivity contribution is -0.143. The topological polar surface area (TPSA) is 49.3 Å². The van der Waals surface area contributed by atoms with Gasteiger partial charge in [0.2, 0.25) is 11.9 Å². The van der Waals surface area contributed by atoms with Gasteiger partial charge in [0.15, 0.2) is 0 Å². The van der Waals surface area contributed by atoms with Gasteiger partial charge >= 0.3 is 0 Å². The largest absolute Gasteiger partial charge is 0.345 e. The van der Waals surface area contributed by atoms with Crippen LogP contribution in [0.4, 0.5) is 5.95 Å². The molecule has 1 aromatic heterocycles. The van der Waals surface area contributed by atoms with Crippen LogP contribution in [0.15, 0.2) is 6.07 Å². The number of hydrogen-bond acceptors (Lipinski definition) is 4. The highest BCUT2D eigenvalue weighted by molar-refractivity contribution is 5.84. The maximum atomic E-state index is 12.7. The molecule has 3 fully saturated rings. The van der Waals surface area contributed by atoms with Crippen LogP contribution in [-0.2, 0) is 4.79 Å². The zero-order valence-corrected chi connectivity index (χ0v) is 14.2. The van der Waals surface area contributed by atoms with Crippen molar-refractivity contribution in [2.75, 3.05) is 31.6 Å². The fourth-order valence-corrected chi connectivity index (χ4v) is 4.32. The third-order valence-electron chi connectivity index (χ3n) is 5.97. The molecule has 1 aromatic rings. The second kappa shape index (κ2) is 5.46. The van der Waals surface area contributed by atoms with Crippen molar-refractivity contribution in [3.8, 4) is 0 Å². The molecular weight excluding hydrogens is 288 g/mol. The van der Waals surface area contributed by atoms with Crippen LogP contribution >= 0.6 is 0 Å². The maximum absolute atomic E-state index is 12.7. The third-order valence-corrected chi connectivity index (χ3v) is 5.97. The molecule has 2 aliphatic heterocycles.